The van der Waals surface area contributed by atoms with E-state index in [-0.39, 0.29) is 12.2 Å². The van der Waals surface area contributed by atoms with Crippen LogP contribution in [0.15, 0.2) is 88.3 Å². The second kappa shape index (κ2) is 7.08. The molecule has 0 saturated carbocycles. The van der Waals surface area contributed by atoms with Gasteiger partial charge in [-0.25, -0.2) is 0 Å². The minimum Gasteiger partial charge on any atom is -0.337 e. The van der Waals surface area contributed by atoms with E-state index in [0.717, 1.165) is 10.2 Å². The van der Waals surface area contributed by atoms with Crippen LogP contribution in [-0.4, -0.2) is 11.8 Å². The fourth-order valence-electron chi connectivity index (χ4n) is 3.52. The number of halogens is 1. The van der Waals surface area contributed by atoms with Crippen molar-refractivity contribution in [1.29, 1.82) is 0 Å². The van der Waals surface area contributed by atoms with E-state index in [4.69, 9.17) is 4.99 Å². The smallest absolute Gasteiger partial charge is 0.148 e. The Kier molecular flexibility index (Phi) is 4.64. The molecule has 0 amide bonds. The number of hydrogen-bond donors (Lipinski definition) is 0. The van der Waals surface area contributed by atoms with Crippen LogP contribution in [-0.2, 0) is 0 Å². The highest BCUT2D eigenvalue weighted by Gasteiger charge is 2.34. The lowest BCUT2D eigenvalue weighted by Gasteiger charge is -2.30. The highest BCUT2D eigenvalue weighted by molar-refractivity contribution is 9.10. The van der Waals surface area contributed by atoms with Crippen LogP contribution in [0.3, 0.4) is 0 Å². The van der Waals surface area contributed by atoms with E-state index in [1.807, 2.05) is 0 Å². The summed E-state index contributed by atoms with van der Waals surface area (Å²) >= 11 is 3.52. The minimum absolute atomic E-state index is 0.00690. The van der Waals surface area contributed by atoms with Crippen molar-refractivity contribution in [3.05, 3.63) is 100 Å². The zero-order chi connectivity index (χ0) is 18.1. The number of rotatable bonds is 3. The number of benzene rings is 3. The standard InChI is InChI=1S/C23H21BrN2/c1-16-8-14-21(15-9-16)26-17(2)22(18-10-12-20(24)13-11-18)25-23(26)19-6-4-3-5-7-19/h3-15,17,23H,1-2H3. The van der Waals surface area contributed by atoms with Gasteiger partial charge in [0.05, 0.1) is 11.8 Å². The maximum atomic E-state index is 5.15. The monoisotopic (exact) mass is 404 g/mol. The van der Waals surface area contributed by atoms with Crippen molar-refractivity contribution in [3.8, 4) is 0 Å². The summed E-state index contributed by atoms with van der Waals surface area (Å²) in [5.74, 6) is 0. The molecule has 1 aliphatic rings. The number of aryl methyl sites for hydroxylation is 1. The summed E-state index contributed by atoms with van der Waals surface area (Å²) in [5, 5.41) is 0. The highest BCUT2D eigenvalue weighted by Crippen LogP contribution is 2.37. The Morgan fingerprint density at radius 2 is 1.50 bits per heavy atom. The van der Waals surface area contributed by atoms with Gasteiger partial charge in [0.2, 0.25) is 0 Å². The van der Waals surface area contributed by atoms with Gasteiger partial charge in [-0.2, -0.15) is 0 Å². The molecule has 0 saturated heterocycles. The molecule has 1 aliphatic heterocycles. The number of anilines is 1. The lowest BCUT2D eigenvalue weighted by Crippen LogP contribution is -2.35. The molecule has 4 rings (SSSR count). The molecule has 26 heavy (non-hydrogen) atoms. The minimum atomic E-state index is -0.00690. The first-order valence-corrected chi connectivity index (χ1v) is 9.66. The molecule has 2 unspecified atom stereocenters. The summed E-state index contributed by atoms with van der Waals surface area (Å²) in [7, 11) is 0. The van der Waals surface area contributed by atoms with E-state index in [2.05, 4.69) is 114 Å². The lowest BCUT2D eigenvalue weighted by molar-refractivity contribution is 0.675. The largest absolute Gasteiger partial charge is 0.337 e. The Labute approximate surface area is 163 Å². The van der Waals surface area contributed by atoms with Gasteiger partial charge in [-0.15, -0.1) is 0 Å². The van der Waals surface area contributed by atoms with Gasteiger partial charge in [-0.3, -0.25) is 4.99 Å². The van der Waals surface area contributed by atoms with Gasteiger partial charge in [0.1, 0.15) is 6.17 Å². The van der Waals surface area contributed by atoms with Crippen LogP contribution in [0.25, 0.3) is 0 Å². The topological polar surface area (TPSA) is 15.6 Å². The average molecular weight is 405 g/mol. The Morgan fingerprint density at radius 3 is 2.15 bits per heavy atom. The molecule has 0 N–H and O–H groups in total. The molecular weight excluding hydrogens is 384 g/mol. The molecule has 3 aromatic rings. The van der Waals surface area contributed by atoms with Crippen molar-refractivity contribution >= 4 is 27.3 Å². The van der Waals surface area contributed by atoms with Crippen molar-refractivity contribution < 1.29 is 0 Å². The fourth-order valence-corrected chi connectivity index (χ4v) is 3.79. The Hall–Kier alpha value is -2.39. The van der Waals surface area contributed by atoms with Crippen LogP contribution in [0.5, 0.6) is 0 Å². The molecule has 130 valence electrons. The number of aliphatic imine (C=N–C) groups is 1. The van der Waals surface area contributed by atoms with Crippen LogP contribution in [0.4, 0.5) is 5.69 Å². The van der Waals surface area contributed by atoms with Gasteiger partial charge in [0.15, 0.2) is 0 Å². The quantitative estimate of drug-likeness (QED) is 0.510. The molecule has 2 atom stereocenters. The first kappa shape index (κ1) is 17.0. The normalized spacial score (nSPS) is 19.5. The average Bonchev–Trinajstić information content (AvgIpc) is 3.01. The summed E-state index contributed by atoms with van der Waals surface area (Å²) in [5.41, 5.74) is 5.99. The van der Waals surface area contributed by atoms with Crippen LogP contribution in [0.2, 0.25) is 0 Å². The molecule has 0 radical (unpaired) electrons. The lowest BCUT2D eigenvalue weighted by atomic mass is 10.0. The van der Waals surface area contributed by atoms with Crippen molar-refractivity contribution in [3.63, 3.8) is 0 Å². The molecular formula is C23H21BrN2. The summed E-state index contributed by atoms with van der Waals surface area (Å²) < 4.78 is 1.09. The van der Waals surface area contributed by atoms with Gasteiger partial charge >= 0.3 is 0 Å². The van der Waals surface area contributed by atoms with Crippen LogP contribution in [0, 0.1) is 6.92 Å². The molecule has 0 aliphatic carbocycles. The van der Waals surface area contributed by atoms with E-state index >= 15 is 0 Å². The fraction of sp³-hybridized carbons (Fsp3) is 0.174. The number of nitrogens with zero attached hydrogens (tertiary/aromatic N) is 2. The summed E-state index contributed by atoms with van der Waals surface area (Å²) in [6.07, 6.45) is -0.00690. The van der Waals surface area contributed by atoms with Crippen molar-refractivity contribution in [2.45, 2.75) is 26.1 Å². The predicted octanol–water partition coefficient (Wildman–Crippen LogP) is 6.15. The van der Waals surface area contributed by atoms with E-state index in [1.165, 1.54) is 22.4 Å². The highest BCUT2D eigenvalue weighted by atomic mass is 79.9. The van der Waals surface area contributed by atoms with Crippen LogP contribution in [0.1, 0.15) is 29.8 Å². The van der Waals surface area contributed by atoms with E-state index < -0.39 is 0 Å². The molecule has 0 bridgehead atoms. The summed E-state index contributed by atoms with van der Waals surface area (Å²) in [4.78, 5) is 7.56. The molecule has 1 heterocycles. The van der Waals surface area contributed by atoms with Gasteiger partial charge < -0.3 is 4.90 Å². The second-order valence-corrected chi connectivity index (χ2v) is 7.64. The second-order valence-electron chi connectivity index (χ2n) is 6.72. The maximum Gasteiger partial charge on any atom is 0.148 e. The third-order valence-corrected chi connectivity index (χ3v) is 5.44. The van der Waals surface area contributed by atoms with Crippen molar-refractivity contribution in [2.75, 3.05) is 4.90 Å². The van der Waals surface area contributed by atoms with Crippen molar-refractivity contribution in [2.24, 2.45) is 4.99 Å². The predicted molar refractivity (Wildman–Crippen MR) is 113 cm³/mol. The van der Waals surface area contributed by atoms with E-state index in [1.54, 1.807) is 0 Å². The third kappa shape index (κ3) is 3.19. The summed E-state index contributed by atoms with van der Waals surface area (Å²) in [6.45, 7) is 4.36. The first-order valence-electron chi connectivity index (χ1n) is 8.87. The zero-order valence-electron chi connectivity index (χ0n) is 14.9. The molecule has 3 heteroatoms. The van der Waals surface area contributed by atoms with Gasteiger partial charge in [-0.05, 0) is 49.2 Å². The molecule has 0 aromatic heterocycles. The maximum absolute atomic E-state index is 5.15. The first-order chi connectivity index (χ1) is 12.6. The third-order valence-electron chi connectivity index (χ3n) is 4.91. The van der Waals surface area contributed by atoms with E-state index in [9.17, 15) is 0 Å². The zero-order valence-corrected chi connectivity index (χ0v) is 16.5. The Balaban J connectivity index is 1.79. The summed E-state index contributed by atoms with van der Waals surface area (Å²) in [6, 6.07) is 27.9. The Bertz CT molecular complexity index is 915. The molecule has 0 fully saturated rings. The van der Waals surface area contributed by atoms with Crippen LogP contribution < -0.4 is 4.90 Å². The van der Waals surface area contributed by atoms with E-state index in [0.29, 0.717) is 0 Å². The van der Waals surface area contributed by atoms with Gasteiger partial charge in [0, 0.05) is 10.2 Å². The molecule has 0 spiro atoms. The van der Waals surface area contributed by atoms with Gasteiger partial charge in [-0.1, -0.05) is 76.1 Å². The Morgan fingerprint density at radius 1 is 0.846 bits per heavy atom. The number of hydrogen-bond acceptors (Lipinski definition) is 2. The SMILES string of the molecule is Cc1ccc(N2C(C)C(c3ccc(Br)cc3)=NC2c2ccccc2)cc1. The molecule has 3 aromatic carbocycles. The van der Waals surface area contributed by atoms with Crippen molar-refractivity contribution in [1.82, 2.24) is 0 Å². The van der Waals surface area contributed by atoms with Crippen LogP contribution >= 0.6 is 15.9 Å². The van der Waals surface area contributed by atoms with Gasteiger partial charge in [0.25, 0.3) is 0 Å². The molecule has 2 nitrogen and oxygen atoms in total.